The summed E-state index contributed by atoms with van der Waals surface area (Å²) < 4.78 is 13.3. The van der Waals surface area contributed by atoms with Crippen molar-refractivity contribution in [1.29, 1.82) is 0 Å². The van der Waals surface area contributed by atoms with Gasteiger partial charge in [-0.1, -0.05) is 65.8 Å². The summed E-state index contributed by atoms with van der Waals surface area (Å²) in [6.45, 7) is 3.16. The minimum atomic E-state index is -0.964. The summed E-state index contributed by atoms with van der Waals surface area (Å²) in [6, 6.07) is 32.7. The molecule has 1 unspecified atom stereocenters. The number of benzene rings is 3. The van der Waals surface area contributed by atoms with Crippen LogP contribution < -0.4 is 9.57 Å². The topological polar surface area (TPSA) is 95.2 Å². The van der Waals surface area contributed by atoms with Gasteiger partial charge in [0.1, 0.15) is 23.7 Å². The summed E-state index contributed by atoms with van der Waals surface area (Å²) in [7, 11) is 0. The van der Waals surface area contributed by atoms with Crippen molar-refractivity contribution in [2.75, 3.05) is 13.2 Å². The highest BCUT2D eigenvalue weighted by molar-refractivity contribution is 6.12. The fraction of sp³-hybridized carbons (Fsp3) is 0.182. The molecule has 0 saturated heterocycles. The van der Waals surface area contributed by atoms with E-state index in [4.69, 9.17) is 19.3 Å². The number of para-hydroxylation sites is 1. The number of fused-ring (bicyclic) bond motifs is 1. The molecule has 1 N–H and O–H groups in total. The number of ether oxygens (including phenoxy) is 2. The van der Waals surface area contributed by atoms with Crippen molar-refractivity contribution in [1.82, 2.24) is 9.55 Å². The van der Waals surface area contributed by atoms with Crippen LogP contribution in [-0.2, 0) is 22.5 Å². The van der Waals surface area contributed by atoms with Crippen molar-refractivity contribution in [2.45, 2.75) is 26.0 Å². The third kappa shape index (κ3) is 7.17. The highest BCUT2D eigenvalue weighted by atomic mass is 16.6. The number of carbonyl (C=O) groups is 1. The van der Waals surface area contributed by atoms with Gasteiger partial charge in [0.05, 0.1) is 12.2 Å². The summed E-state index contributed by atoms with van der Waals surface area (Å²) in [5.74, 6) is 0.388. The van der Waals surface area contributed by atoms with Gasteiger partial charge in [-0.2, -0.15) is 0 Å². The summed E-state index contributed by atoms with van der Waals surface area (Å²) in [6.07, 6.45) is 1.44. The Morgan fingerprint density at radius 2 is 1.63 bits per heavy atom. The number of carboxylic acids is 1. The van der Waals surface area contributed by atoms with Gasteiger partial charge >= 0.3 is 5.97 Å². The SMILES string of the molecule is CCOC(Cc1ccc(OCCn2ccc3ccc(/C(=N\Oc4ccccc4)c4ccccc4)nc32)cc1)C(=O)O. The van der Waals surface area contributed by atoms with Crippen LogP contribution in [0.25, 0.3) is 11.0 Å². The van der Waals surface area contributed by atoms with E-state index in [1.54, 1.807) is 6.92 Å². The molecule has 5 aromatic rings. The second-order valence-corrected chi connectivity index (χ2v) is 9.31. The highest BCUT2D eigenvalue weighted by Crippen LogP contribution is 2.19. The van der Waals surface area contributed by atoms with Crippen LogP contribution in [0.5, 0.6) is 11.5 Å². The minimum absolute atomic E-state index is 0.303. The van der Waals surface area contributed by atoms with E-state index in [2.05, 4.69) is 5.16 Å². The summed E-state index contributed by atoms with van der Waals surface area (Å²) in [5.41, 5.74) is 3.92. The predicted octanol–water partition coefficient (Wildman–Crippen LogP) is 5.98. The molecule has 8 heteroatoms. The van der Waals surface area contributed by atoms with E-state index in [1.807, 2.05) is 114 Å². The lowest BCUT2D eigenvalue weighted by Gasteiger charge is -2.13. The molecule has 0 amide bonds. The first-order valence-electron chi connectivity index (χ1n) is 13.5. The normalized spacial score (nSPS) is 12.3. The first-order valence-corrected chi connectivity index (χ1v) is 13.5. The Balaban J connectivity index is 1.29. The second-order valence-electron chi connectivity index (χ2n) is 9.31. The van der Waals surface area contributed by atoms with Gasteiger partial charge in [0, 0.05) is 30.2 Å². The number of hydrogen-bond acceptors (Lipinski definition) is 6. The van der Waals surface area contributed by atoms with Crippen molar-refractivity contribution in [3.8, 4) is 11.5 Å². The molecule has 0 aliphatic heterocycles. The zero-order valence-electron chi connectivity index (χ0n) is 22.7. The van der Waals surface area contributed by atoms with Crippen LogP contribution in [0, 0.1) is 0 Å². The molecule has 2 heterocycles. The average Bonchev–Trinajstić information content (AvgIpc) is 3.41. The van der Waals surface area contributed by atoms with Gasteiger partial charge in [-0.05, 0) is 55.0 Å². The van der Waals surface area contributed by atoms with Gasteiger partial charge in [0.25, 0.3) is 0 Å². The van der Waals surface area contributed by atoms with Gasteiger partial charge in [0.15, 0.2) is 11.9 Å². The van der Waals surface area contributed by atoms with Crippen LogP contribution in [0.15, 0.2) is 114 Å². The van der Waals surface area contributed by atoms with Crippen molar-refractivity contribution in [3.05, 3.63) is 126 Å². The standard InChI is InChI=1S/C33H31N3O5/c1-2-39-30(33(37)38)23-24-13-16-27(17-14-24)40-22-21-36-20-19-26-15-18-29(34-32(26)36)31(25-9-5-3-6-10-25)35-41-28-11-7-4-8-12-28/h3-20,30H,2,21-23H2,1H3,(H,37,38)/b35-31-. The van der Waals surface area contributed by atoms with Crippen LogP contribution in [0.1, 0.15) is 23.7 Å². The molecule has 208 valence electrons. The lowest BCUT2D eigenvalue weighted by atomic mass is 10.1. The molecule has 0 saturated carbocycles. The Hall–Kier alpha value is -4.95. The molecule has 3 aromatic carbocycles. The lowest BCUT2D eigenvalue weighted by Crippen LogP contribution is -2.26. The molecular formula is C33H31N3O5. The van der Waals surface area contributed by atoms with Gasteiger partial charge in [-0.3, -0.25) is 0 Å². The molecule has 1 atom stereocenters. The van der Waals surface area contributed by atoms with Gasteiger partial charge in [-0.15, -0.1) is 0 Å². The number of pyridine rings is 1. The van der Waals surface area contributed by atoms with E-state index in [9.17, 15) is 9.90 Å². The van der Waals surface area contributed by atoms with E-state index in [0.717, 1.165) is 22.2 Å². The molecule has 8 nitrogen and oxygen atoms in total. The molecule has 5 rings (SSSR count). The van der Waals surface area contributed by atoms with Crippen LogP contribution in [0.4, 0.5) is 0 Å². The second kappa shape index (κ2) is 13.4. The third-order valence-corrected chi connectivity index (χ3v) is 6.48. The Bertz CT molecular complexity index is 1600. The first kappa shape index (κ1) is 27.6. The molecule has 0 spiro atoms. The van der Waals surface area contributed by atoms with Crippen LogP contribution in [0.2, 0.25) is 0 Å². The zero-order valence-corrected chi connectivity index (χ0v) is 22.7. The lowest BCUT2D eigenvalue weighted by molar-refractivity contribution is -0.149. The molecular weight excluding hydrogens is 518 g/mol. The van der Waals surface area contributed by atoms with E-state index >= 15 is 0 Å². The minimum Gasteiger partial charge on any atom is -0.492 e. The van der Waals surface area contributed by atoms with Crippen molar-refractivity contribution >= 4 is 22.7 Å². The zero-order chi connectivity index (χ0) is 28.4. The predicted molar refractivity (Wildman–Crippen MR) is 158 cm³/mol. The van der Waals surface area contributed by atoms with Crippen molar-refractivity contribution in [3.63, 3.8) is 0 Å². The van der Waals surface area contributed by atoms with Gasteiger partial charge in [-0.25, -0.2) is 9.78 Å². The maximum Gasteiger partial charge on any atom is 0.333 e. The Morgan fingerprint density at radius 1 is 0.902 bits per heavy atom. The summed E-state index contributed by atoms with van der Waals surface area (Å²) in [5, 5.41) is 14.8. The molecule has 0 fully saturated rings. The van der Waals surface area contributed by atoms with Crippen molar-refractivity contribution < 1.29 is 24.2 Å². The number of nitrogens with zero attached hydrogens (tertiary/aromatic N) is 3. The fourth-order valence-electron chi connectivity index (χ4n) is 4.41. The number of oxime groups is 1. The highest BCUT2D eigenvalue weighted by Gasteiger charge is 2.18. The fourth-order valence-corrected chi connectivity index (χ4v) is 4.41. The summed E-state index contributed by atoms with van der Waals surface area (Å²) in [4.78, 5) is 22.1. The van der Waals surface area contributed by atoms with E-state index in [1.165, 1.54) is 0 Å². The maximum absolute atomic E-state index is 11.4. The van der Waals surface area contributed by atoms with Gasteiger partial charge in [0.2, 0.25) is 0 Å². The number of aromatic nitrogens is 2. The molecule has 2 aromatic heterocycles. The number of hydrogen-bond donors (Lipinski definition) is 1. The van der Waals surface area contributed by atoms with Gasteiger partial charge < -0.3 is 24.0 Å². The largest absolute Gasteiger partial charge is 0.492 e. The van der Waals surface area contributed by atoms with Crippen LogP contribution >= 0.6 is 0 Å². The first-order chi connectivity index (χ1) is 20.1. The van der Waals surface area contributed by atoms with Crippen LogP contribution in [0.3, 0.4) is 0 Å². The maximum atomic E-state index is 11.4. The Kier molecular flexibility index (Phi) is 9.03. The molecule has 0 aliphatic carbocycles. The van der Waals surface area contributed by atoms with E-state index in [0.29, 0.717) is 49.1 Å². The quantitative estimate of drug-likeness (QED) is 0.143. The molecule has 0 radical (unpaired) electrons. The Morgan fingerprint density at radius 3 is 2.34 bits per heavy atom. The van der Waals surface area contributed by atoms with Crippen molar-refractivity contribution in [2.24, 2.45) is 5.16 Å². The average molecular weight is 550 g/mol. The van der Waals surface area contributed by atoms with E-state index in [-0.39, 0.29) is 0 Å². The third-order valence-electron chi connectivity index (χ3n) is 6.48. The number of rotatable bonds is 13. The molecule has 0 bridgehead atoms. The summed E-state index contributed by atoms with van der Waals surface area (Å²) >= 11 is 0. The Labute approximate surface area is 238 Å². The molecule has 0 aliphatic rings. The molecule has 41 heavy (non-hydrogen) atoms. The number of aliphatic carboxylic acids is 1. The van der Waals surface area contributed by atoms with E-state index < -0.39 is 12.1 Å². The number of carboxylic acid groups (broad SMARTS) is 1. The van der Waals surface area contributed by atoms with Crippen LogP contribution in [-0.4, -0.2) is 45.7 Å². The monoisotopic (exact) mass is 549 g/mol. The smallest absolute Gasteiger partial charge is 0.333 e.